The second-order valence-corrected chi connectivity index (χ2v) is 9.49. The van der Waals surface area contributed by atoms with E-state index in [9.17, 15) is 13.2 Å². The Kier molecular flexibility index (Phi) is 10.3. The summed E-state index contributed by atoms with van der Waals surface area (Å²) >= 11 is 0. The summed E-state index contributed by atoms with van der Waals surface area (Å²) in [6.45, 7) is 7.31. The molecule has 0 saturated carbocycles. The summed E-state index contributed by atoms with van der Waals surface area (Å²) in [6.07, 6.45) is 2.08. The number of halogens is 2. The predicted octanol–water partition coefficient (Wildman–Crippen LogP) is 1.40. The summed E-state index contributed by atoms with van der Waals surface area (Å²) in [7, 11) is -3.46. The van der Waals surface area contributed by atoms with Crippen LogP contribution in [0.2, 0.25) is 0 Å². The van der Waals surface area contributed by atoms with E-state index in [2.05, 4.69) is 17.6 Å². The van der Waals surface area contributed by atoms with Crippen LogP contribution in [0.4, 0.5) is 0 Å². The Morgan fingerprint density at radius 1 is 1.14 bits per heavy atom. The monoisotopic (exact) mass is 466 g/mol. The molecule has 2 fully saturated rings. The van der Waals surface area contributed by atoms with Crippen LogP contribution < -0.4 is 10.6 Å². The van der Waals surface area contributed by atoms with Crippen LogP contribution >= 0.6 is 24.8 Å². The summed E-state index contributed by atoms with van der Waals surface area (Å²) in [5.41, 5.74) is 1.03. The molecule has 166 valence electrons. The van der Waals surface area contributed by atoms with E-state index in [1.807, 2.05) is 24.0 Å². The van der Waals surface area contributed by atoms with E-state index in [1.165, 1.54) is 4.31 Å². The van der Waals surface area contributed by atoms with Crippen molar-refractivity contribution in [3.63, 3.8) is 0 Å². The van der Waals surface area contributed by atoms with E-state index >= 15 is 0 Å². The molecule has 2 heterocycles. The van der Waals surface area contributed by atoms with E-state index < -0.39 is 10.0 Å². The Hall–Kier alpha value is -0.900. The predicted molar refractivity (Wildman–Crippen MR) is 120 cm³/mol. The lowest BCUT2D eigenvalue weighted by atomic mass is 10.00. The van der Waals surface area contributed by atoms with Crippen LogP contribution in [0.15, 0.2) is 29.2 Å². The fourth-order valence-corrected chi connectivity index (χ4v) is 5.11. The standard InChI is InChI=1S/C19H30N4O3S.2ClH/c1-15-5-7-17(8-6-15)27(25,26)23-12-10-22(11-13-23)14-19(24)21-18-4-3-9-20-16(18)2;;/h5-8,16,18,20H,3-4,9-14H2,1-2H3,(H,21,24);2*1H. The number of piperazine rings is 1. The molecule has 10 heteroatoms. The summed E-state index contributed by atoms with van der Waals surface area (Å²) in [5.74, 6) is 0.0189. The first-order valence-electron chi connectivity index (χ1n) is 9.68. The number of amides is 1. The molecule has 29 heavy (non-hydrogen) atoms. The zero-order chi connectivity index (χ0) is 19.4. The number of nitrogens with zero attached hydrogens (tertiary/aromatic N) is 2. The molecule has 2 aliphatic rings. The molecule has 0 radical (unpaired) electrons. The van der Waals surface area contributed by atoms with E-state index in [1.54, 1.807) is 12.1 Å². The van der Waals surface area contributed by atoms with Gasteiger partial charge in [0.1, 0.15) is 0 Å². The van der Waals surface area contributed by atoms with Crippen molar-refractivity contribution in [1.82, 2.24) is 19.8 Å². The molecule has 1 aromatic carbocycles. The van der Waals surface area contributed by atoms with Gasteiger partial charge < -0.3 is 10.6 Å². The van der Waals surface area contributed by atoms with Gasteiger partial charge in [-0.05, 0) is 45.4 Å². The first kappa shape index (κ1) is 26.1. The Labute approximate surface area is 186 Å². The minimum atomic E-state index is -3.46. The molecule has 0 bridgehead atoms. The average Bonchev–Trinajstić information content (AvgIpc) is 2.64. The Bertz CT molecular complexity index is 753. The molecule has 2 N–H and O–H groups in total. The molecule has 2 atom stereocenters. The Morgan fingerprint density at radius 3 is 2.34 bits per heavy atom. The van der Waals surface area contributed by atoms with Gasteiger partial charge >= 0.3 is 0 Å². The number of hydrogen-bond acceptors (Lipinski definition) is 5. The number of benzene rings is 1. The van der Waals surface area contributed by atoms with Gasteiger partial charge in [0, 0.05) is 38.3 Å². The van der Waals surface area contributed by atoms with Gasteiger partial charge in [-0.3, -0.25) is 9.69 Å². The Balaban J connectivity index is 0.00000210. The molecule has 0 spiro atoms. The molecule has 2 saturated heterocycles. The van der Waals surface area contributed by atoms with E-state index in [-0.39, 0.29) is 36.8 Å². The average molecular weight is 467 g/mol. The number of nitrogens with one attached hydrogen (secondary N) is 2. The summed E-state index contributed by atoms with van der Waals surface area (Å²) < 4.78 is 27.0. The molecule has 1 aromatic rings. The van der Waals surface area contributed by atoms with Crippen molar-refractivity contribution in [2.75, 3.05) is 39.3 Å². The zero-order valence-electron chi connectivity index (χ0n) is 17.0. The van der Waals surface area contributed by atoms with Crippen LogP contribution in [0, 0.1) is 6.92 Å². The van der Waals surface area contributed by atoms with E-state index in [4.69, 9.17) is 0 Å². The number of carbonyl (C=O) groups is 1. The highest BCUT2D eigenvalue weighted by atomic mass is 35.5. The SMILES string of the molecule is Cc1ccc(S(=O)(=O)N2CCN(CC(=O)NC3CCCNC3C)CC2)cc1.Cl.Cl. The highest BCUT2D eigenvalue weighted by Crippen LogP contribution is 2.18. The van der Waals surface area contributed by atoms with Crippen LogP contribution in [-0.4, -0.2) is 74.9 Å². The quantitative estimate of drug-likeness (QED) is 0.685. The first-order valence-corrected chi connectivity index (χ1v) is 11.1. The second-order valence-electron chi connectivity index (χ2n) is 7.55. The van der Waals surface area contributed by atoms with Crippen LogP contribution in [-0.2, 0) is 14.8 Å². The number of sulfonamides is 1. The minimum absolute atomic E-state index is 0. The molecule has 0 aliphatic carbocycles. The largest absolute Gasteiger partial charge is 0.351 e. The lowest BCUT2D eigenvalue weighted by molar-refractivity contribution is -0.123. The smallest absolute Gasteiger partial charge is 0.243 e. The topological polar surface area (TPSA) is 81.8 Å². The van der Waals surface area contributed by atoms with E-state index in [0.717, 1.165) is 24.9 Å². The zero-order valence-corrected chi connectivity index (χ0v) is 19.4. The maximum atomic E-state index is 12.7. The number of hydrogen-bond donors (Lipinski definition) is 2. The summed E-state index contributed by atoms with van der Waals surface area (Å²) in [6, 6.07) is 7.41. The molecule has 0 aromatic heterocycles. The van der Waals surface area contributed by atoms with Gasteiger partial charge in [-0.15, -0.1) is 24.8 Å². The fourth-order valence-electron chi connectivity index (χ4n) is 3.68. The van der Waals surface area contributed by atoms with Gasteiger partial charge in [0.05, 0.1) is 11.4 Å². The second kappa shape index (κ2) is 11.5. The van der Waals surface area contributed by atoms with Gasteiger partial charge in [0.15, 0.2) is 0 Å². The highest BCUT2D eigenvalue weighted by Gasteiger charge is 2.29. The molecule has 2 aliphatic heterocycles. The lowest BCUT2D eigenvalue weighted by Crippen LogP contribution is -2.55. The Morgan fingerprint density at radius 2 is 1.76 bits per heavy atom. The highest BCUT2D eigenvalue weighted by molar-refractivity contribution is 7.89. The van der Waals surface area contributed by atoms with Gasteiger partial charge in [-0.1, -0.05) is 17.7 Å². The third-order valence-electron chi connectivity index (χ3n) is 5.47. The van der Waals surface area contributed by atoms with Crippen LogP contribution in [0.5, 0.6) is 0 Å². The third-order valence-corrected chi connectivity index (χ3v) is 7.38. The fraction of sp³-hybridized carbons (Fsp3) is 0.632. The number of aryl methyl sites for hydroxylation is 1. The van der Waals surface area contributed by atoms with Gasteiger partial charge in [0.25, 0.3) is 0 Å². The summed E-state index contributed by atoms with van der Waals surface area (Å²) in [5, 5.41) is 6.49. The third kappa shape index (κ3) is 6.80. The van der Waals surface area contributed by atoms with Crippen molar-refractivity contribution in [2.24, 2.45) is 0 Å². The maximum Gasteiger partial charge on any atom is 0.243 e. The minimum Gasteiger partial charge on any atom is -0.351 e. The number of piperidine rings is 1. The van der Waals surface area contributed by atoms with Crippen LogP contribution in [0.3, 0.4) is 0 Å². The van der Waals surface area contributed by atoms with E-state index in [0.29, 0.717) is 43.7 Å². The normalized spacial score (nSPS) is 23.5. The molecule has 2 unspecified atom stereocenters. The molecule has 3 rings (SSSR count). The van der Waals surface area contributed by atoms with Crippen molar-refractivity contribution >= 4 is 40.7 Å². The van der Waals surface area contributed by atoms with Crippen molar-refractivity contribution < 1.29 is 13.2 Å². The molecule has 1 amide bonds. The number of rotatable bonds is 5. The summed E-state index contributed by atoms with van der Waals surface area (Å²) in [4.78, 5) is 14.7. The van der Waals surface area contributed by atoms with Crippen molar-refractivity contribution in [2.45, 2.75) is 43.7 Å². The molecular formula is C19H32Cl2N4O3S. The maximum absolute atomic E-state index is 12.7. The lowest BCUT2D eigenvalue weighted by Gasteiger charge is -2.35. The van der Waals surface area contributed by atoms with Crippen LogP contribution in [0.1, 0.15) is 25.3 Å². The van der Waals surface area contributed by atoms with Gasteiger partial charge in [-0.25, -0.2) is 8.42 Å². The number of carbonyl (C=O) groups excluding carboxylic acids is 1. The van der Waals surface area contributed by atoms with Gasteiger partial charge in [-0.2, -0.15) is 4.31 Å². The first-order chi connectivity index (χ1) is 12.9. The molecule has 7 nitrogen and oxygen atoms in total. The van der Waals surface area contributed by atoms with Gasteiger partial charge in [0.2, 0.25) is 15.9 Å². The molecular weight excluding hydrogens is 435 g/mol. The van der Waals surface area contributed by atoms with Crippen molar-refractivity contribution in [3.05, 3.63) is 29.8 Å². The van der Waals surface area contributed by atoms with Crippen LogP contribution in [0.25, 0.3) is 0 Å². The van der Waals surface area contributed by atoms with Crippen molar-refractivity contribution in [1.29, 1.82) is 0 Å². The van der Waals surface area contributed by atoms with Crippen molar-refractivity contribution in [3.8, 4) is 0 Å².